The normalized spacial score (nSPS) is 14.2. The highest BCUT2D eigenvalue weighted by Gasteiger charge is 2.24. The van der Waals surface area contributed by atoms with Crippen LogP contribution in [0.1, 0.15) is 25.7 Å². The van der Waals surface area contributed by atoms with E-state index in [4.69, 9.17) is 4.42 Å². The van der Waals surface area contributed by atoms with E-state index in [9.17, 15) is 4.79 Å². The number of carbonyl (C=O) groups excluding carboxylic acids is 1. The maximum absolute atomic E-state index is 12.5. The third kappa shape index (κ3) is 5.31. The molecule has 0 atom stereocenters. The molecule has 0 saturated heterocycles. The SMILES string of the molecule is CN(C)C/C=C/C(=O)Nc1cccc(-c2c(-c3ccccc3)oc3ncnc(NC4CCCC4)c23)c1. The third-order valence-electron chi connectivity index (χ3n) is 6.38. The van der Waals surface area contributed by atoms with Crippen molar-refractivity contribution in [3.05, 3.63) is 73.1 Å². The van der Waals surface area contributed by atoms with Gasteiger partial charge < -0.3 is 20.0 Å². The fraction of sp³-hybridized carbons (Fsp3) is 0.276. The second kappa shape index (κ2) is 10.7. The van der Waals surface area contributed by atoms with Gasteiger partial charge in [-0.15, -0.1) is 0 Å². The van der Waals surface area contributed by atoms with E-state index in [0.29, 0.717) is 24.0 Å². The molecule has 0 spiro atoms. The van der Waals surface area contributed by atoms with E-state index in [-0.39, 0.29) is 5.91 Å². The summed E-state index contributed by atoms with van der Waals surface area (Å²) in [6, 6.07) is 18.2. The third-order valence-corrected chi connectivity index (χ3v) is 6.38. The summed E-state index contributed by atoms with van der Waals surface area (Å²) in [5.74, 6) is 1.35. The lowest BCUT2D eigenvalue weighted by atomic mass is 9.98. The van der Waals surface area contributed by atoms with Crippen LogP contribution >= 0.6 is 0 Å². The molecule has 184 valence electrons. The van der Waals surface area contributed by atoms with Gasteiger partial charge in [0.25, 0.3) is 0 Å². The fourth-order valence-corrected chi connectivity index (χ4v) is 4.68. The monoisotopic (exact) mass is 481 g/mol. The molecule has 36 heavy (non-hydrogen) atoms. The molecule has 1 amide bonds. The smallest absolute Gasteiger partial charge is 0.248 e. The fourth-order valence-electron chi connectivity index (χ4n) is 4.68. The Morgan fingerprint density at radius 1 is 1.06 bits per heavy atom. The Balaban J connectivity index is 1.58. The van der Waals surface area contributed by atoms with Crippen molar-refractivity contribution in [3.8, 4) is 22.5 Å². The minimum Gasteiger partial charge on any atom is -0.437 e. The summed E-state index contributed by atoms with van der Waals surface area (Å²) >= 11 is 0. The second-order valence-corrected chi connectivity index (χ2v) is 9.44. The molecule has 1 aliphatic carbocycles. The molecule has 2 heterocycles. The van der Waals surface area contributed by atoms with Crippen LogP contribution in [0, 0.1) is 0 Å². The number of benzene rings is 2. The molecule has 7 heteroatoms. The first-order valence-corrected chi connectivity index (χ1v) is 12.4. The minimum absolute atomic E-state index is 0.166. The Morgan fingerprint density at radius 2 is 1.83 bits per heavy atom. The van der Waals surface area contributed by atoms with Crippen LogP contribution in [0.3, 0.4) is 0 Å². The first-order valence-electron chi connectivity index (χ1n) is 12.4. The van der Waals surface area contributed by atoms with Gasteiger partial charge in [0.1, 0.15) is 17.9 Å². The Kier molecular flexibility index (Phi) is 7.09. The van der Waals surface area contributed by atoms with E-state index < -0.39 is 0 Å². The predicted molar refractivity (Wildman–Crippen MR) is 145 cm³/mol. The molecule has 1 fully saturated rings. The van der Waals surface area contributed by atoms with Gasteiger partial charge in [0.2, 0.25) is 11.6 Å². The van der Waals surface area contributed by atoms with Gasteiger partial charge in [-0.05, 0) is 44.6 Å². The minimum atomic E-state index is -0.166. The molecule has 1 aliphatic rings. The highest BCUT2D eigenvalue weighted by molar-refractivity contribution is 6.07. The molecule has 7 nitrogen and oxygen atoms in total. The average molecular weight is 482 g/mol. The Hall–Kier alpha value is -3.97. The van der Waals surface area contributed by atoms with Crippen LogP contribution in [0.2, 0.25) is 0 Å². The molecule has 2 aromatic carbocycles. The first kappa shape index (κ1) is 23.8. The molecule has 2 N–H and O–H groups in total. The van der Waals surface area contributed by atoms with Crippen molar-refractivity contribution in [1.29, 1.82) is 0 Å². The van der Waals surface area contributed by atoms with E-state index in [1.165, 1.54) is 12.8 Å². The number of nitrogens with zero attached hydrogens (tertiary/aromatic N) is 3. The summed E-state index contributed by atoms with van der Waals surface area (Å²) in [4.78, 5) is 23.6. The zero-order valence-electron chi connectivity index (χ0n) is 20.7. The number of carbonyl (C=O) groups is 1. The molecule has 0 aliphatic heterocycles. The van der Waals surface area contributed by atoms with E-state index in [2.05, 4.69) is 20.6 Å². The van der Waals surface area contributed by atoms with E-state index >= 15 is 0 Å². The average Bonchev–Trinajstić information content (AvgIpc) is 3.53. The molecule has 1 saturated carbocycles. The lowest BCUT2D eigenvalue weighted by Gasteiger charge is -2.14. The van der Waals surface area contributed by atoms with Crippen molar-refractivity contribution >= 4 is 28.5 Å². The van der Waals surface area contributed by atoms with Crippen LogP contribution in [-0.2, 0) is 4.79 Å². The summed E-state index contributed by atoms with van der Waals surface area (Å²) in [6.07, 6.45) is 9.67. The van der Waals surface area contributed by atoms with Gasteiger partial charge in [-0.25, -0.2) is 9.97 Å². The highest BCUT2D eigenvalue weighted by atomic mass is 16.3. The number of rotatable bonds is 8. The van der Waals surface area contributed by atoms with Crippen molar-refractivity contribution in [2.75, 3.05) is 31.3 Å². The molecule has 0 unspecified atom stereocenters. The number of amides is 1. The van der Waals surface area contributed by atoms with Crippen LogP contribution in [-0.4, -0.2) is 47.5 Å². The zero-order chi connectivity index (χ0) is 24.9. The van der Waals surface area contributed by atoms with E-state index in [1.807, 2.05) is 79.7 Å². The van der Waals surface area contributed by atoms with Gasteiger partial charge in [0.15, 0.2) is 0 Å². The van der Waals surface area contributed by atoms with Gasteiger partial charge in [0.05, 0.1) is 5.39 Å². The van der Waals surface area contributed by atoms with Gasteiger partial charge in [-0.2, -0.15) is 0 Å². The lowest BCUT2D eigenvalue weighted by Crippen LogP contribution is -2.15. The zero-order valence-corrected chi connectivity index (χ0v) is 20.7. The van der Waals surface area contributed by atoms with Crippen molar-refractivity contribution in [2.24, 2.45) is 0 Å². The maximum Gasteiger partial charge on any atom is 0.248 e. The number of aromatic nitrogens is 2. The second-order valence-electron chi connectivity index (χ2n) is 9.44. The highest BCUT2D eigenvalue weighted by Crippen LogP contribution is 2.43. The Morgan fingerprint density at radius 3 is 2.61 bits per heavy atom. The van der Waals surface area contributed by atoms with E-state index in [1.54, 1.807) is 12.4 Å². The van der Waals surface area contributed by atoms with Gasteiger partial charge in [-0.3, -0.25) is 4.79 Å². The topological polar surface area (TPSA) is 83.3 Å². The number of hydrogen-bond acceptors (Lipinski definition) is 6. The summed E-state index contributed by atoms with van der Waals surface area (Å²) in [5.41, 5.74) is 4.05. The summed E-state index contributed by atoms with van der Waals surface area (Å²) in [6.45, 7) is 0.700. The standard InChI is InChI=1S/C29H31N5O2/c1-34(2)17-9-16-24(35)32-23-15-8-12-21(18-23)25-26-28(33-22-13-6-7-14-22)30-19-31-29(26)36-27(25)20-10-4-3-5-11-20/h3-5,8-12,15-16,18-19,22H,6-7,13-14,17H2,1-2H3,(H,32,35)(H,30,31,33)/b16-9+. The molecular weight excluding hydrogens is 450 g/mol. The largest absolute Gasteiger partial charge is 0.437 e. The number of nitrogens with one attached hydrogen (secondary N) is 2. The quantitative estimate of drug-likeness (QED) is 0.302. The molecule has 0 bridgehead atoms. The lowest BCUT2D eigenvalue weighted by molar-refractivity contribution is -0.111. The van der Waals surface area contributed by atoms with Crippen LogP contribution in [0.25, 0.3) is 33.6 Å². The van der Waals surface area contributed by atoms with Crippen LogP contribution in [0.5, 0.6) is 0 Å². The molecule has 5 rings (SSSR count). The van der Waals surface area contributed by atoms with Crippen molar-refractivity contribution in [1.82, 2.24) is 14.9 Å². The molecular formula is C29H31N5O2. The summed E-state index contributed by atoms with van der Waals surface area (Å²) < 4.78 is 6.35. The van der Waals surface area contributed by atoms with Crippen LogP contribution in [0.4, 0.5) is 11.5 Å². The van der Waals surface area contributed by atoms with Gasteiger partial charge in [0, 0.05) is 35.5 Å². The predicted octanol–water partition coefficient (Wildman–Crippen LogP) is 5.97. The number of fused-ring (bicyclic) bond motifs is 1. The number of anilines is 2. The molecule has 4 aromatic rings. The number of likely N-dealkylation sites (N-methyl/N-ethyl adjacent to an activating group) is 1. The van der Waals surface area contributed by atoms with Crippen molar-refractivity contribution < 1.29 is 9.21 Å². The first-order chi connectivity index (χ1) is 17.6. The number of hydrogen-bond donors (Lipinski definition) is 2. The van der Waals surface area contributed by atoms with Crippen LogP contribution in [0.15, 0.2) is 77.5 Å². The Bertz CT molecular complexity index is 1370. The summed E-state index contributed by atoms with van der Waals surface area (Å²) in [7, 11) is 3.93. The van der Waals surface area contributed by atoms with Crippen molar-refractivity contribution in [3.63, 3.8) is 0 Å². The van der Waals surface area contributed by atoms with E-state index in [0.717, 1.165) is 46.5 Å². The molecule has 0 radical (unpaired) electrons. The maximum atomic E-state index is 12.5. The summed E-state index contributed by atoms with van der Waals surface area (Å²) in [5, 5.41) is 7.48. The number of furan rings is 1. The Labute approximate surface area is 211 Å². The molecule has 2 aromatic heterocycles. The van der Waals surface area contributed by atoms with Crippen molar-refractivity contribution in [2.45, 2.75) is 31.7 Å². The van der Waals surface area contributed by atoms with Crippen LogP contribution < -0.4 is 10.6 Å². The van der Waals surface area contributed by atoms with Gasteiger partial charge in [-0.1, -0.05) is 61.4 Å². The van der Waals surface area contributed by atoms with Gasteiger partial charge >= 0.3 is 0 Å².